The zero-order chi connectivity index (χ0) is 23.4. The summed E-state index contributed by atoms with van der Waals surface area (Å²) in [4.78, 5) is 16.5. The fourth-order valence-electron chi connectivity index (χ4n) is 4.76. The number of nitrogens with zero attached hydrogens (tertiary/aromatic N) is 2. The maximum absolute atomic E-state index is 4.96. The molecule has 34 heavy (non-hydrogen) atoms. The first-order valence-corrected chi connectivity index (χ1v) is 12.0. The first-order chi connectivity index (χ1) is 16.5. The molecule has 0 saturated heterocycles. The Labute approximate surface area is 199 Å². The summed E-state index contributed by atoms with van der Waals surface area (Å²) in [5, 5.41) is 4.90. The van der Waals surface area contributed by atoms with Crippen LogP contribution in [0, 0.1) is 0 Å². The molecule has 0 bridgehead atoms. The normalized spacial score (nSPS) is 12.1. The Kier molecular flexibility index (Phi) is 4.77. The molecular formula is C30H28N4. The largest absolute Gasteiger partial charge is 0.342 e. The number of benzene rings is 4. The Morgan fingerprint density at radius 2 is 1.29 bits per heavy atom. The van der Waals surface area contributed by atoms with E-state index in [1.165, 1.54) is 32.7 Å². The standard InChI is InChI=1S/C30H28N4/c1-17(2)29-31-16-26(32-29)20-11-9-19(10-12-20)21-13-14-24-25(15-21)22-7-5-6-8-23(22)27-28(24)34-30(33-27)18(3)4/h5-18H,1-4H3,(H,31,32)(H,33,34). The first kappa shape index (κ1) is 20.7. The van der Waals surface area contributed by atoms with Gasteiger partial charge in [0.25, 0.3) is 0 Å². The molecule has 0 aliphatic rings. The van der Waals surface area contributed by atoms with Crippen molar-refractivity contribution in [3.8, 4) is 22.4 Å². The lowest BCUT2D eigenvalue weighted by Gasteiger charge is -2.09. The average Bonchev–Trinajstić information content (AvgIpc) is 3.53. The van der Waals surface area contributed by atoms with Crippen molar-refractivity contribution in [1.29, 1.82) is 0 Å². The zero-order valence-corrected chi connectivity index (χ0v) is 20.0. The zero-order valence-electron chi connectivity index (χ0n) is 20.0. The lowest BCUT2D eigenvalue weighted by atomic mass is 9.95. The third-order valence-corrected chi connectivity index (χ3v) is 6.70. The predicted molar refractivity (Wildman–Crippen MR) is 142 cm³/mol. The Balaban J connectivity index is 1.48. The van der Waals surface area contributed by atoms with Crippen molar-refractivity contribution in [2.24, 2.45) is 0 Å². The van der Waals surface area contributed by atoms with Gasteiger partial charge in [-0.3, -0.25) is 0 Å². The lowest BCUT2D eigenvalue weighted by Crippen LogP contribution is -1.89. The Morgan fingerprint density at radius 3 is 2.00 bits per heavy atom. The van der Waals surface area contributed by atoms with Gasteiger partial charge in [0.2, 0.25) is 0 Å². The molecule has 4 aromatic carbocycles. The molecule has 4 heteroatoms. The second-order valence-electron chi connectivity index (χ2n) is 9.72. The van der Waals surface area contributed by atoms with Crippen LogP contribution in [0.2, 0.25) is 0 Å². The maximum atomic E-state index is 4.96. The van der Waals surface area contributed by atoms with Crippen molar-refractivity contribution in [2.75, 3.05) is 0 Å². The Morgan fingerprint density at radius 1 is 0.618 bits per heavy atom. The molecule has 0 radical (unpaired) electrons. The highest BCUT2D eigenvalue weighted by molar-refractivity contribution is 6.23. The summed E-state index contributed by atoms with van der Waals surface area (Å²) < 4.78 is 0. The van der Waals surface area contributed by atoms with Gasteiger partial charge in [0, 0.05) is 22.6 Å². The molecule has 0 spiro atoms. The average molecular weight is 445 g/mol. The van der Waals surface area contributed by atoms with Gasteiger partial charge in [-0.15, -0.1) is 0 Å². The molecule has 168 valence electrons. The van der Waals surface area contributed by atoms with Crippen molar-refractivity contribution < 1.29 is 0 Å². The van der Waals surface area contributed by atoms with E-state index >= 15 is 0 Å². The minimum absolute atomic E-state index is 0.352. The van der Waals surface area contributed by atoms with Crippen molar-refractivity contribution >= 4 is 32.6 Å². The minimum Gasteiger partial charge on any atom is -0.342 e. The van der Waals surface area contributed by atoms with E-state index in [4.69, 9.17) is 4.98 Å². The summed E-state index contributed by atoms with van der Waals surface area (Å²) in [5.41, 5.74) is 6.80. The molecule has 2 N–H and O–H groups in total. The van der Waals surface area contributed by atoms with Gasteiger partial charge in [0.1, 0.15) is 11.6 Å². The van der Waals surface area contributed by atoms with Crippen LogP contribution < -0.4 is 0 Å². The summed E-state index contributed by atoms with van der Waals surface area (Å²) in [6.45, 7) is 8.65. The molecule has 0 amide bonds. The van der Waals surface area contributed by atoms with Gasteiger partial charge >= 0.3 is 0 Å². The summed E-state index contributed by atoms with van der Waals surface area (Å²) in [6, 6.07) is 24.1. The smallest absolute Gasteiger partial charge is 0.109 e. The number of H-pyrrole nitrogens is 2. The minimum atomic E-state index is 0.352. The van der Waals surface area contributed by atoms with Crippen molar-refractivity contribution in [1.82, 2.24) is 19.9 Å². The number of hydrogen-bond acceptors (Lipinski definition) is 2. The maximum Gasteiger partial charge on any atom is 0.109 e. The lowest BCUT2D eigenvalue weighted by molar-refractivity contribution is 0.795. The summed E-state index contributed by atoms with van der Waals surface area (Å²) in [5.74, 6) is 2.79. The second kappa shape index (κ2) is 7.84. The number of aromatic amines is 2. The predicted octanol–water partition coefficient (Wildman–Crippen LogP) is 8.17. The van der Waals surface area contributed by atoms with Crippen molar-refractivity contribution in [3.05, 3.63) is 84.6 Å². The third-order valence-electron chi connectivity index (χ3n) is 6.70. The molecule has 0 fully saturated rings. The van der Waals surface area contributed by atoms with Crippen LogP contribution in [0.4, 0.5) is 0 Å². The molecule has 6 rings (SSSR count). The Bertz CT molecular complexity index is 1650. The number of aromatic nitrogens is 4. The molecule has 0 saturated carbocycles. The molecule has 0 aliphatic carbocycles. The van der Waals surface area contributed by atoms with E-state index in [1.54, 1.807) is 0 Å². The summed E-state index contributed by atoms with van der Waals surface area (Å²) in [6.07, 6.45) is 1.92. The number of nitrogens with one attached hydrogen (secondary N) is 2. The van der Waals surface area contributed by atoms with Crippen LogP contribution >= 0.6 is 0 Å². The number of imidazole rings is 2. The van der Waals surface area contributed by atoms with Crippen molar-refractivity contribution in [3.63, 3.8) is 0 Å². The molecule has 0 aliphatic heterocycles. The number of hydrogen-bond donors (Lipinski definition) is 2. The van der Waals surface area contributed by atoms with Crippen LogP contribution in [0.5, 0.6) is 0 Å². The number of rotatable bonds is 4. The fourth-order valence-corrected chi connectivity index (χ4v) is 4.76. The van der Waals surface area contributed by atoms with E-state index in [0.29, 0.717) is 11.8 Å². The van der Waals surface area contributed by atoms with E-state index in [9.17, 15) is 0 Å². The number of fused-ring (bicyclic) bond motifs is 6. The van der Waals surface area contributed by atoms with Crippen LogP contribution in [0.15, 0.2) is 72.9 Å². The third kappa shape index (κ3) is 3.29. The van der Waals surface area contributed by atoms with E-state index in [2.05, 4.69) is 109 Å². The van der Waals surface area contributed by atoms with E-state index in [0.717, 1.165) is 33.9 Å². The second-order valence-corrected chi connectivity index (χ2v) is 9.72. The topological polar surface area (TPSA) is 57.4 Å². The quantitative estimate of drug-likeness (QED) is 0.269. The molecule has 2 aromatic heterocycles. The fraction of sp³-hybridized carbons (Fsp3) is 0.200. The molecule has 0 unspecified atom stereocenters. The molecule has 4 nitrogen and oxygen atoms in total. The monoisotopic (exact) mass is 444 g/mol. The van der Waals surface area contributed by atoms with Crippen LogP contribution in [0.3, 0.4) is 0 Å². The van der Waals surface area contributed by atoms with Gasteiger partial charge in [0.15, 0.2) is 0 Å². The van der Waals surface area contributed by atoms with Gasteiger partial charge in [0.05, 0.1) is 22.9 Å². The summed E-state index contributed by atoms with van der Waals surface area (Å²) in [7, 11) is 0. The van der Waals surface area contributed by atoms with Crippen LogP contribution in [0.25, 0.3) is 55.0 Å². The van der Waals surface area contributed by atoms with E-state index < -0.39 is 0 Å². The SMILES string of the molecule is CC(C)c1ncc(-c2ccc(-c3ccc4c(c3)c3ccccc3c3nc(C(C)C)[nH]c43)cc2)[nH]1. The molecule has 0 atom stereocenters. The van der Waals surface area contributed by atoms with Gasteiger partial charge in [-0.2, -0.15) is 0 Å². The highest BCUT2D eigenvalue weighted by Gasteiger charge is 2.15. The summed E-state index contributed by atoms with van der Waals surface area (Å²) >= 11 is 0. The van der Waals surface area contributed by atoms with Gasteiger partial charge in [-0.05, 0) is 33.5 Å². The van der Waals surface area contributed by atoms with Crippen LogP contribution in [-0.2, 0) is 0 Å². The van der Waals surface area contributed by atoms with Gasteiger partial charge < -0.3 is 9.97 Å². The van der Waals surface area contributed by atoms with E-state index in [-0.39, 0.29) is 0 Å². The van der Waals surface area contributed by atoms with Crippen LogP contribution in [0.1, 0.15) is 51.2 Å². The molecule has 2 heterocycles. The molecule has 6 aromatic rings. The molecular weight excluding hydrogens is 416 g/mol. The van der Waals surface area contributed by atoms with Gasteiger partial charge in [-0.25, -0.2) is 9.97 Å². The first-order valence-electron chi connectivity index (χ1n) is 12.0. The van der Waals surface area contributed by atoms with Crippen LogP contribution in [-0.4, -0.2) is 19.9 Å². The van der Waals surface area contributed by atoms with Crippen molar-refractivity contribution in [2.45, 2.75) is 39.5 Å². The Hall–Kier alpha value is -3.92. The van der Waals surface area contributed by atoms with Gasteiger partial charge in [-0.1, -0.05) is 88.4 Å². The highest BCUT2D eigenvalue weighted by Crippen LogP contribution is 2.37. The van der Waals surface area contributed by atoms with E-state index in [1.807, 2.05) is 6.20 Å². The highest BCUT2D eigenvalue weighted by atomic mass is 14.9.